The number of carboxylic acids is 1. The third kappa shape index (κ3) is 4.56. The highest BCUT2D eigenvalue weighted by Crippen LogP contribution is 2.35. The number of carboxylic acid groups (broad SMARTS) is 1. The molecule has 2 rings (SSSR count). The molecular formula is C17H26N2O4. The van der Waals surface area contributed by atoms with E-state index in [0.717, 1.165) is 25.7 Å². The summed E-state index contributed by atoms with van der Waals surface area (Å²) in [4.78, 5) is 24.4. The van der Waals surface area contributed by atoms with Crippen LogP contribution in [-0.2, 0) is 9.59 Å². The maximum Gasteiger partial charge on any atom is 0.307 e. The van der Waals surface area contributed by atoms with Gasteiger partial charge < -0.3 is 14.9 Å². The molecule has 0 radical (unpaired) electrons. The predicted octanol–water partition coefficient (Wildman–Crippen LogP) is 3.47. The highest BCUT2D eigenvalue weighted by Gasteiger charge is 2.38. The Morgan fingerprint density at radius 3 is 2.52 bits per heavy atom. The van der Waals surface area contributed by atoms with Crippen molar-refractivity contribution in [3.8, 4) is 0 Å². The molecule has 6 nitrogen and oxygen atoms in total. The van der Waals surface area contributed by atoms with Crippen molar-refractivity contribution in [3.63, 3.8) is 0 Å². The average Bonchev–Trinajstić information content (AvgIpc) is 3.09. The van der Waals surface area contributed by atoms with Crippen molar-refractivity contribution >= 4 is 17.7 Å². The topological polar surface area (TPSA) is 92.4 Å². The van der Waals surface area contributed by atoms with Crippen LogP contribution in [0.2, 0.25) is 0 Å². The molecule has 1 aliphatic carbocycles. The molecule has 1 aromatic heterocycles. The highest BCUT2D eigenvalue weighted by atomic mass is 16.5. The van der Waals surface area contributed by atoms with Gasteiger partial charge in [0.15, 0.2) is 5.82 Å². The second-order valence-corrected chi connectivity index (χ2v) is 6.91. The zero-order valence-electron chi connectivity index (χ0n) is 14.0. The van der Waals surface area contributed by atoms with E-state index >= 15 is 0 Å². The molecule has 0 aliphatic heterocycles. The fraction of sp³-hybridized carbons (Fsp3) is 0.706. The number of carbonyl (C=O) groups excluding carboxylic acids is 1. The Labute approximate surface area is 136 Å². The van der Waals surface area contributed by atoms with Gasteiger partial charge in [0.25, 0.3) is 0 Å². The number of carbonyl (C=O) groups is 2. The first-order valence-corrected chi connectivity index (χ1v) is 8.35. The summed E-state index contributed by atoms with van der Waals surface area (Å²) in [6.07, 6.45) is 5.03. The minimum Gasteiger partial charge on any atom is -0.481 e. The van der Waals surface area contributed by atoms with Gasteiger partial charge in [0.1, 0.15) is 5.76 Å². The normalized spacial score (nSPS) is 18.1. The van der Waals surface area contributed by atoms with Crippen molar-refractivity contribution in [2.45, 2.75) is 52.9 Å². The van der Waals surface area contributed by atoms with E-state index in [0.29, 0.717) is 23.9 Å². The molecule has 1 amide bonds. The predicted molar refractivity (Wildman–Crippen MR) is 85.9 cm³/mol. The number of aromatic nitrogens is 1. The number of nitrogens with one attached hydrogen (secondary N) is 1. The van der Waals surface area contributed by atoms with Crippen LogP contribution in [0.5, 0.6) is 0 Å². The summed E-state index contributed by atoms with van der Waals surface area (Å²) in [6, 6.07) is 1.63. The molecule has 6 heteroatoms. The smallest absolute Gasteiger partial charge is 0.307 e. The lowest BCUT2D eigenvalue weighted by atomic mass is 9.77. The molecule has 2 atom stereocenters. The third-order valence-corrected chi connectivity index (χ3v) is 4.71. The number of amides is 1. The monoisotopic (exact) mass is 322 g/mol. The molecule has 1 aromatic rings. The molecule has 128 valence electrons. The van der Waals surface area contributed by atoms with Crippen LogP contribution in [0.1, 0.15) is 51.7 Å². The second kappa shape index (κ2) is 7.62. The summed E-state index contributed by atoms with van der Waals surface area (Å²) in [7, 11) is 0. The molecule has 1 aliphatic rings. The molecule has 23 heavy (non-hydrogen) atoms. The van der Waals surface area contributed by atoms with Gasteiger partial charge in [-0.05, 0) is 25.2 Å². The molecule has 2 N–H and O–H groups in total. The van der Waals surface area contributed by atoms with Crippen molar-refractivity contribution in [3.05, 3.63) is 11.8 Å². The molecule has 0 saturated heterocycles. The summed E-state index contributed by atoms with van der Waals surface area (Å²) in [5.41, 5.74) is 0. The molecule has 0 bridgehead atoms. The largest absolute Gasteiger partial charge is 0.481 e. The Morgan fingerprint density at radius 2 is 2.04 bits per heavy atom. The van der Waals surface area contributed by atoms with Gasteiger partial charge in [0.2, 0.25) is 5.91 Å². The van der Waals surface area contributed by atoms with Crippen LogP contribution < -0.4 is 5.32 Å². The summed E-state index contributed by atoms with van der Waals surface area (Å²) in [6.45, 7) is 5.52. The maximum atomic E-state index is 12.6. The van der Waals surface area contributed by atoms with Crippen LogP contribution in [0.3, 0.4) is 0 Å². The second-order valence-electron chi connectivity index (χ2n) is 6.91. The fourth-order valence-electron chi connectivity index (χ4n) is 3.59. The van der Waals surface area contributed by atoms with Crippen LogP contribution in [0.25, 0.3) is 0 Å². The number of nitrogens with zero attached hydrogens (tertiary/aromatic N) is 1. The number of rotatable bonds is 7. The minimum absolute atomic E-state index is 0.0644. The number of anilines is 1. The summed E-state index contributed by atoms with van der Waals surface area (Å²) in [5.74, 6) is -1.13. The van der Waals surface area contributed by atoms with E-state index in [1.54, 1.807) is 13.0 Å². The van der Waals surface area contributed by atoms with Crippen LogP contribution in [0, 0.1) is 30.6 Å². The van der Waals surface area contributed by atoms with Gasteiger partial charge in [-0.2, -0.15) is 0 Å². The van der Waals surface area contributed by atoms with Crippen LogP contribution in [0.15, 0.2) is 10.6 Å². The van der Waals surface area contributed by atoms with E-state index in [4.69, 9.17) is 4.52 Å². The van der Waals surface area contributed by atoms with Crippen molar-refractivity contribution in [2.75, 3.05) is 5.32 Å². The quantitative estimate of drug-likeness (QED) is 0.802. The zero-order valence-corrected chi connectivity index (χ0v) is 14.0. The molecular weight excluding hydrogens is 296 g/mol. The van der Waals surface area contributed by atoms with Gasteiger partial charge in [0, 0.05) is 6.07 Å². The first-order chi connectivity index (χ1) is 10.9. The Kier molecular flexibility index (Phi) is 5.80. The number of hydrogen-bond donors (Lipinski definition) is 2. The van der Waals surface area contributed by atoms with Gasteiger partial charge >= 0.3 is 5.97 Å². The van der Waals surface area contributed by atoms with Gasteiger partial charge in [0.05, 0.1) is 11.8 Å². The first kappa shape index (κ1) is 17.5. The lowest BCUT2D eigenvalue weighted by Crippen LogP contribution is -2.38. The van der Waals surface area contributed by atoms with Crippen molar-refractivity contribution in [1.82, 2.24) is 5.16 Å². The van der Waals surface area contributed by atoms with Gasteiger partial charge in [-0.1, -0.05) is 44.7 Å². The van der Waals surface area contributed by atoms with Gasteiger partial charge in [-0.25, -0.2) is 0 Å². The first-order valence-electron chi connectivity index (χ1n) is 8.35. The summed E-state index contributed by atoms with van der Waals surface area (Å²) >= 11 is 0. The lowest BCUT2D eigenvalue weighted by Gasteiger charge is -2.27. The molecule has 1 saturated carbocycles. The Balaban J connectivity index is 2.12. The number of aliphatic carboxylic acids is 1. The number of hydrogen-bond acceptors (Lipinski definition) is 4. The minimum atomic E-state index is -0.887. The van der Waals surface area contributed by atoms with E-state index in [-0.39, 0.29) is 11.8 Å². The zero-order chi connectivity index (χ0) is 17.0. The van der Waals surface area contributed by atoms with Crippen LogP contribution >= 0.6 is 0 Å². The number of aryl methyl sites for hydroxylation is 1. The highest BCUT2D eigenvalue weighted by molar-refractivity contribution is 5.94. The summed E-state index contributed by atoms with van der Waals surface area (Å²) < 4.78 is 4.94. The van der Waals surface area contributed by atoms with E-state index in [1.165, 1.54) is 0 Å². The molecule has 0 aromatic carbocycles. The van der Waals surface area contributed by atoms with Crippen molar-refractivity contribution < 1.29 is 19.2 Å². The van der Waals surface area contributed by atoms with E-state index in [1.807, 2.05) is 13.8 Å². The fourth-order valence-corrected chi connectivity index (χ4v) is 3.59. The van der Waals surface area contributed by atoms with E-state index < -0.39 is 17.8 Å². The Bertz CT molecular complexity index is 547. The standard InChI is InChI=1S/C17H26N2O4/c1-10(2)15(16(20)18-14-8-11(3)23-19-14)13(17(21)22)9-12-6-4-5-7-12/h8,10,12-13,15H,4-7,9H2,1-3H3,(H,21,22)(H,18,19,20). The van der Waals surface area contributed by atoms with E-state index in [9.17, 15) is 14.7 Å². The van der Waals surface area contributed by atoms with Crippen LogP contribution in [-0.4, -0.2) is 22.1 Å². The Hall–Kier alpha value is -1.85. The average molecular weight is 322 g/mol. The molecule has 2 unspecified atom stereocenters. The van der Waals surface area contributed by atoms with Crippen molar-refractivity contribution in [2.24, 2.45) is 23.7 Å². The van der Waals surface area contributed by atoms with Crippen LogP contribution in [0.4, 0.5) is 5.82 Å². The SMILES string of the molecule is Cc1cc(NC(=O)C(C(C)C)C(CC2CCCC2)C(=O)O)no1. The maximum absolute atomic E-state index is 12.6. The van der Waals surface area contributed by atoms with E-state index in [2.05, 4.69) is 10.5 Å². The lowest BCUT2D eigenvalue weighted by molar-refractivity contribution is -0.148. The Morgan fingerprint density at radius 1 is 1.39 bits per heavy atom. The third-order valence-electron chi connectivity index (χ3n) is 4.71. The molecule has 1 heterocycles. The summed E-state index contributed by atoms with van der Waals surface area (Å²) in [5, 5.41) is 16.1. The molecule has 1 fully saturated rings. The van der Waals surface area contributed by atoms with Crippen molar-refractivity contribution in [1.29, 1.82) is 0 Å². The van der Waals surface area contributed by atoms with Gasteiger partial charge in [-0.15, -0.1) is 0 Å². The van der Waals surface area contributed by atoms with Gasteiger partial charge in [-0.3, -0.25) is 9.59 Å². The molecule has 0 spiro atoms.